The van der Waals surface area contributed by atoms with E-state index < -0.39 is 0 Å². The molecule has 1 aromatic heterocycles. The zero-order valence-corrected chi connectivity index (χ0v) is 20.4. The highest BCUT2D eigenvalue weighted by atomic mass is 16.5. The summed E-state index contributed by atoms with van der Waals surface area (Å²) in [5, 5.41) is 4.12. The number of amides is 1. The monoisotopic (exact) mass is 459 g/mol. The Labute approximate surface area is 200 Å². The van der Waals surface area contributed by atoms with Crippen molar-refractivity contribution in [2.24, 2.45) is 5.92 Å². The van der Waals surface area contributed by atoms with Crippen LogP contribution in [0, 0.1) is 5.92 Å². The van der Waals surface area contributed by atoms with E-state index in [-0.39, 0.29) is 29.3 Å². The molecule has 1 aliphatic rings. The Balaban J connectivity index is 1.55. The summed E-state index contributed by atoms with van der Waals surface area (Å²) in [7, 11) is 0. The van der Waals surface area contributed by atoms with Crippen LogP contribution in [0.5, 0.6) is 0 Å². The number of Topliss-reactive ketones (excluding diaryl/α,β-unsaturated/α-hetero) is 1. The van der Waals surface area contributed by atoms with Gasteiger partial charge in [0.25, 0.3) is 0 Å². The standard InChI is InChI=1S/C28H33N3O3/c1-17(27(33)30-22-11-12-34-28(3,4)16-22)13-21-15-20-14-19(9-10-25(20)31-26(21)29)24-8-6-5-7-23(24)18(2)32/h5-10,14-15,17,22H,11-13,16H2,1-4H3,(H2,29,31)(H,30,33). The molecule has 1 fully saturated rings. The van der Waals surface area contributed by atoms with Gasteiger partial charge in [-0.05, 0) is 74.9 Å². The third kappa shape index (κ3) is 5.28. The lowest BCUT2D eigenvalue weighted by atomic mass is 9.92. The number of rotatable bonds is 6. The van der Waals surface area contributed by atoms with Crippen LogP contribution < -0.4 is 11.1 Å². The van der Waals surface area contributed by atoms with Crippen LogP contribution in [-0.4, -0.2) is 34.9 Å². The third-order valence-electron chi connectivity index (χ3n) is 6.56. The molecule has 6 heteroatoms. The van der Waals surface area contributed by atoms with Gasteiger partial charge in [0.2, 0.25) is 5.91 Å². The number of nitrogens with two attached hydrogens (primary N) is 1. The summed E-state index contributed by atoms with van der Waals surface area (Å²) in [5.41, 5.74) is 10.2. The van der Waals surface area contributed by atoms with Crippen molar-refractivity contribution in [1.82, 2.24) is 10.3 Å². The van der Waals surface area contributed by atoms with E-state index in [1.165, 1.54) is 0 Å². The molecule has 1 amide bonds. The number of ketones is 1. The van der Waals surface area contributed by atoms with E-state index in [9.17, 15) is 9.59 Å². The van der Waals surface area contributed by atoms with Gasteiger partial charge in [0.15, 0.2) is 5.78 Å². The van der Waals surface area contributed by atoms with E-state index in [4.69, 9.17) is 10.5 Å². The number of carbonyl (C=O) groups excluding carboxylic acids is 2. The molecule has 2 atom stereocenters. The summed E-state index contributed by atoms with van der Waals surface area (Å²) < 4.78 is 5.76. The molecule has 2 heterocycles. The molecule has 34 heavy (non-hydrogen) atoms. The van der Waals surface area contributed by atoms with Crippen LogP contribution >= 0.6 is 0 Å². The number of ether oxygens (including phenoxy) is 1. The Morgan fingerprint density at radius 1 is 1.21 bits per heavy atom. The van der Waals surface area contributed by atoms with Gasteiger partial charge in [-0.15, -0.1) is 0 Å². The fraction of sp³-hybridized carbons (Fsp3) is 0.393. The predicted molar refractivity (Wildman–Crippen MR) is 136 cm³/mol. The molecular weight excluding hydrogens is 426 g/mol. The normalized spacial score (nSPS) is 18.4. The summed E-state index contributed by atoms with van der Waals surface area (Å²) in [6.45, 7) is 8.26. The molecule has 0 saturated carbocycles. The van der Waals surface area contributed by atoms with E-state index in [0.29, 0.717) is 24.4 Å². The summed E-state index contributed by atoms with van der Waals surface area (Å²) >= 11 is 0. The van der Waals surface area contributed by atoms with Crippen LogP contribution in [0.4, 0.5) is 5.82 Å². The Morgan fingerprint density at radius 3 is 2.71 bits per heavy atom. The first kappa shape index (κ1) is 23.9. The highest BCUT2D eigenvalue weighted by molar-refractivity contribution is 6.01. The number of pyridine rings is 1. The van der Waals surface area contributed by atoms with Gasteiger partial charge in [-0.2, -0.15) is 0 Å². The van der Waals surface area contributed by atoms with Crippen LogP contribution in [0.15, 0.2) is 48.5 Å². The maximum atomic E-state index is 12.9. The minimum atomic E-state index is -0.242. The van der Waals surface area contributed by atoms with Gasteiger partial charge >= 0.3 is 0 Å². The molecule has 0 spiro atoms. The molecule has 0 radical (unpaired) electrons. The van der Waals surface area contributed by atoms with Crippen molar-refractivity contribution in [2.75, 3.05) is 12.3 Å². The minimum Gasteiger partial charge on any atom is -0.383 e. The number of anilines is 1. The first-order valence-corrected chi connectivity index (χ1v) is 11.9. The highest BCUT2D eigenvalue weighted by Crippen LogP contribution is 2.29. The summed E-state index contributed by atoms with van der Waals surface area (Å²) in [5.74, 6) is 0.247. The molecular formula is C28H33N3O3. The third-order valence-corrected chi connectivity index (χ3v) is 6.56. The van der Waals surface area contributed by atoms with Crippen LogP contribution in [0.25, 0.3) is 22.0 Å². The number of hydrogen-bond donors (Lipinski definition) is 2. The summed E-state index contributed by atoms with van der Waals surface area (Å²) in [6, 6.07) is 15.6. The first-order valence-electron chi connectivity index (χ1n) is 11.9. The number of nitrogen functional groups attached to an aromatic ring is 1. The van der Waals surface area contributed by atoms with E-state index in [1.807, 2.05) is 55.5 Å². The first-order chi connectivity index (χ1) is 16.1. The Bertz CT molecular complexity index is 1230. The smallest absolute Gasteiger partial charge is 0.223 e. The summed E-state index contributed by atoms with van der Waals surface area (Å²) in [6.07, 6.45) is 2.13. The SMILES string of the molecule is CC(=O)c1ccccc1-c1ccc2nc(N)c(CC(C)C(=O)NC3CCOC(C)(C)C3)cc2c1. The lowest BCUT2D eigenvalue weighted by Crippen LogP contribution is -2.47. The van der Waals surface area contributed by atoms with Gasteiger partial charge in [0.05, 0.1) is 11.1 Å². The van der Waals surface area contributed by atoms with Gasteiger partial charge in [0.1, 0.15) is 5.82 Å². The van der Waals surface area contributed by atoms with Gasteiger partial charge in [-0.25, -0.2) is 4.98 Å². The predicted octanol–water partition coefficient (Wildman–Crippen LogP) is 4.94. The average molecular weight is 460 g/mol. The van der Waals surface area contributed by atoms with Crippen LogP contribution in [-0.2, 0) is 16.0 Å². The number of nitrogens with one attached hydrogen (secondary N) is 1. The maximum absolute atomic E-state index is 12.9. The van der Waals surface area contributed by atoms with E-state index in [0.717, 1.165) is 40.4 Å². The molecule has 4 rings (SSSR count). The topological polar surface area (TPSA) is 94.3 Å². The molecule has 178 valence electrons. The molecule has 2 aromatic carbocycles. The zero-order valence-electron chi connectivity index (χ0n) is 20.4. The van der Waals surface area contributed by atoms with Crippen molar-refractivity contribution in [3.05, 3.63) is 59.7 Å². The molecule has 0 aliphatic carbocycles. The quantitative estimate of drug-likeness (QED) is 0.509. The molecule has 3 N–H and O–H groups in total. The van der Waals surface area contributed by atoms with Gasteiger partial charge in [-0.1, -0.05) is 37.3 Å². The van der Waals surface area contributed by atoms with Crippen molar-refractivity contribution in [3.63, 3.8) is 0 Å². The second-order valence-corrected chi connectivity index (χ2v) is 9.95. The minimum absolute atomic E-state index is 0.0198. The Morgan fingerprint density at radius 2 is 1.97 bits per heavy atom. The molecule has 1 aliphatic heterocycles. The zero-order chi connectivity index (χ0) is 24.5. The molecule has 3 aromatic rings. The van der Waals surface area contributed by atoms with E-state index in [1.54, 1.807) is 6.92 Å². The fourth-order valence-electron chi connectivity index (χ4n) is 4.73. The molecule has 2 unspecified atom stereocenters. The molecule has 6 nitrogen and oxygen atoms in total. The van der Waals surface area contributed by atoms with Crippen LogP contribution in [0.2, 0.25) is 0 Å². The lowest BCUT2D eigenvalue weighted by molar-refractivity contribution is -0.127. The number of nitrogens with zero attached hydrogens (tertiary/aromatic N) is 1. The van der Waals surface area contributed by atoms with Crippen molar-refractivity contribution >= 4 is 28.4 Å². The number of aromatic nitrogens is 1. The van der Waals surface area contributed by atoms with Crippen LogP contribution in [0.3, 0.4) is 0 Å². The maximum Gasteiger partial charge on any atom is 0.223 e. The van der Waals surface area contributed by atoms with Gasteiger partial charge in [-0.3, -0.25) is 9.59 Å². The van der Waals surface area contributed by atoms with E-state index >= 15 is 0 Å². The van der Waals surface area contributed by atoms with Crippen molar-refractivity contribution < 1.29 is 14.3 Å². The molecule has 1 saturated heterocycles. The Hall–Kier alpha value is -3.25. The van der Waals surface area contributed by atoms with Crippen molar-refractivity contribution in [2.45, 2.75) is 58.6 Å². The lowest BCUT2D eigenvalue weighted by Gasteiger charge is -2.36. The van der Waals surface area contributed by atoms with E-state index in [2.05, 4.69) is 24.1 Å². The largest absolute Gasteiger partial charge is 0.383 e. The number of fused-ring (bicyclic) bond motifs is 1. The second kappa shape index (κ2) is 9.55. The molecule has 0 bridgehead atoms. The second-order valence-electron chi connectivity index (χ2n) is 9.95. The highest BCUT2D eigenvalue weighted by Gasteiger charge is 2.30. The van der Waals surface area contributed by atoms with Gasteiger partial charge < -0.3 is 15.8 Å². The van der Waals surface area contributed by atoms with Gasteiger partial charge in [0, 0.05) is 29.5 Å². The fourth-order valence-corrected chi connectivity index (χ4v) is 4.73. The average Bonchev–Trinajstić information content (AvgIpc) is 2.78. The van der Waals surface area contributed by atoms with Crippen molar-refractivity contribution in [1.29, 1.82) is 0 Å². The summed E-state index contributed by atoms with van der Waals surface area (Å²) in [4.78, 5) is 29.6. The number of hydrogen-bond acceptors (Lipinski definition) is 5. The number of benzene rings is 2. The van der Waals surface area contributed by atoms with Crippen molar-refractivity contribution in [3.8, 4) is 11.1 Å². The number of carbonyl (C=O) groups is 2. The van der Waals surface area contributed by atoms with Crippen LogP contribution in [0.1, 0.15) is 56.5 Å². The Kier molecular flexibility index (Phi) is 6.71.